The van der Waals surface area contributed by atoms with E-state index in [2.05, 4.69) is 48.1 Å². The van der Waals surface area contributed by atoms with Crippen molar-refractivity contribution in [1.29, 1.82) is 0 Å². The van der Waals surface area contributed by atoms with Gasteiger partial charge >= 0.3 is 5.97 Å². The van der Waals surface area contributed by atoms with Crippen molar-refractivity contribution in [2.45, 2.75) is 70.0 Å². The number of rotatable bonds is 12. The summed E-state index contributed by atoms with van der Waals surface area (Å²) >= 11 is 6.56. The second-order valence-corrected chi connectivity index (χ2v) is 25.1. The number of aromatic nitrogens is 7. The lowest BCUT2D eigenvalue weighted by atomic mass is 9.96. The van der Waals surface area contributed by atoms with Crippen LogP contribution in [0.15, 0.2) is 106 Å². The predicted octanol–water partition coefficient (Wildman–Crippen LogP) is 6.91. The van der Waals surface area contributed by atoms with E-state index in [0.717, 1.165) is 45.3 Å². The maximum Gasteiger partial charge on any atom is 0.351 e. The molecule has 10 rings (SSSR count). The number of carboxylic acid groups (broad SMARTS) is 1. The third-order valence-electron chi connectivity index (χ3n) is 13.5. The van der Waals surface area contributed by atoms with E-state index in [9.17, 15) is 54.0 Å². The number of aryl methyl sites for hydroxylation is 1. The largest absolute Gasteiger partial charge is 0.508 e. The van der Waals surface area contributed by atoms with E-state index in [1.54, 1.807) is 86.1 Å². The molecule has 0 saturated heterocycles. The second kappa shape index (κ2) is 25.8. The number of aromatic hydroxyl groups is 1. The number of amides is 6. The van der Waals surface area contributed by atoms with Gasteiger partial charge in [-0.25, -0.2) is 39.7 Å². The summed E-state index contributed by atoms with van der Waals surface area (Å²) in [6, 6.07) is 13.2. The van der Waals surface area contributed by atoms with Crippen molar-refractivity contribution in [1.82, 2.24) is 61.5 Å². The Morgan fingerprint density at radius 1 is 0.640 bits per heavy atom. The molecule has 7 unspecified atom stereocenters. The molecule has 86 heavy (non-hydrogen) atoms. The lowest BCUT2D eigenvalue weighted by Gasteiger charge is -2.28. The van der Waals surface area contributed by atoms with E-state index in [4.69, 9.17) is 25.7 Å². The van der Waals surface area contributed by atoms with Gasteiger partial charge < -0.3 is 52.7 Å². The van der Waals surface area contributed by atoms with Gasteiger partial charge in [-0.1, -0.05) is 56.0 Å². The number of benzene rings is 2. The molecule has 8 heterocycles. The number of nitrogens with one attached hydrogen (secondary N) is 5. The highest BCUT2D eigenvalue weighted by Crippen LogP contribution is 2.40. The zero-order chi connectivity index (χ0) is 61.1. The molecule has 30 heteroatoms. The quantitative estimate of drug-likeness (QED) is 0.0555. The van der Waals surface area contributed by atoms with Crippen molar-refractivity contribution in [3.63, 3.8) is 0 Å². The summed E-state index contributed by atoms with van der Waals surface area (Å²) in [7, 11) is 0. The molecule has 7 atom stereocenters. The van der Waals surface area contributed by atoms with Gasteiger partial charge in [0.05, 0.1) is 30.3 Å². The van der Waals surface area contributed by atoms with E-state index < -0.39 is 95.8 Å². The number of hydrogen-bond acceptors (Lipinski definition) is 23. The van der Waals surface area contributed by atoms with Crippen molar-refractivity contribution >= 4 is 109 Å². The molecule has 0 spiro atoms. The van der Waals surface area contributed by atoms with Gasteiger partial charge in [-0.3, -0.25) is 28.8 Å². The Kier molecular flexibility index (Phi) is 18.1. The van der Waals surface area contributed by atoms with E-state index in [1.165, 1.54) is 50.9 Å². The number of nitrogens with zero attached hydrogens (tertiary/aromatic N) is 7. The summed E-state index contributed by atoms with van der Waals surface area (Å²) in [6.45, 7) is 8.27. The number of phenols is 1. The predicted molar refractivity (Wildman–Crippen MR) is 322 cm³/mol. The molecule has 7 aromatic heterocycles. The molecule has 0 radical (unpaired) electrons. The Labute approximate surface area is 512 Å². The number of aliphatic hydroxyl groups excluding tert-OH is 2. The van der Waals surface area contributed by atoms with Crippen molar-refractivity contribution in [2.75, 3.05) is 0 Å². The Morgan fingerprint density at radius 2 is 1.26 bits per heavy atom. The van der Waals surface area contributed by atoms with Crippen molar-refractivity contribution in [3.8, 4) is 49.1 Å². The Hall–Kier alpha value is -8.88. The van der Waals surface area contributed by atoms with Crippen LogP contribution in [-0.2, 0) is 20.8 Å². The fourth-order valence-electron chi connectivity index (χ4n) is 8.76. The fourth-order valence-corrected chi connectivity index (χ4v) is 14.0. The first-order chi connectivity index (χ1) is 41.2. The number of aliphatic hydroxyl groups is 2. The van der Waals surface area contributed by atoms with Crippen LogP contribution in [0.1, 0.15) is 117 Å². The first-order valence-corrected chi connectivity index (χ1v) is 31.1. The summed E-state index contributed by atoms with van der Waals surface area (Å²) < 4.78 is 0. The van der Waals surface area contributed by atoms with Crippen molar-refractivity contribution in [3.05, 3.63) is 160 Å². The van der Waals surface area contributed by atoms with Gasteiger partial charge in [-0.05, 0) is 49.2 Å². The number of aliphatic carboxylic acids is 1. The molecular formula is C56H49N13O11S6. The van der Waals surface area contributed by atoms with Crippen LogP contribution in [0.5, 0.6) is 5.75 Å². The molecule has 1 aliphatic rings. The zero-order valence-corrected chi connectivity index (χ0v) is 50.1. The number of fused-ring (bicyclic) bond motifs is 14. The molecule has 0 aliphatic carbocycles. The van der Waals surface area contributed by atoms with E-state index in [1.807, 2.05) is 0 Å². The Balaban J connectivity index is 1.07. The average molecular weight is 1270 g/mol. The number of thiazole rings is 6. The van der Waals surface area contributed by atoms with Gasteiger partial charge in [0, 0.05) is 49.7 Å². The van der Waals surface area contributed by atoms with E-state index in [0.29, 0.717) is 48.0 Å². The molecule has 0 saturated carbocycles. The van der Waals surface area contributed by atoms with Crippen molar-refractivity contribution < 1.29 is 54.0 Å². The highest BCUT2D eigenvalue weighted by Gasteiger charge is 2.35. The van der Waals surface area contributed by atoms with Gasteiger partial charge in [0.2, 0.25) is 11.8 Å². The number of pyridine rings is 1. The lowest BCUT2D eigenvalue weighted by Crippen LogP contribution is -2.50. The SMILES string of the molecule is C=C(NC(=O)c1csc(-c2ccc3c(n2)-c2csc(n2)-c2csc(n2)C(C(C)C(C)O)NC(=O)C(Cc2ccc(O)cc2)NC(=O)c2csc(n2)C(C(O)c2ccccc2)NC(=O)c2nc(sc2C)C(CC(N)=O)NC(=O)c2csc-3n2)n1)C(=O)O. The van der Waals surface area contributed by atoms with Crippen LogP contribution in [0.2, 0.25) is 0 Å². The minimum Gasteiger partial charge on any atom is -0.508 e. The van der Waals surface area contributed by atoms with Crippen molar-refractivity contribution in [2.24, 2.45) is 11.7 Å². The summed E-state index contributed by atoms with van der Waals surface area (Å²) in [5.41, 5.74) is 7.43. The molecule has 6 amide bonds. The van der Waals surface area contributed by atoms with Crippen LogP contribution < -0.4 is 32.3 Å². The van der Waals surface area contributed by atoms with E-state index in [-0.39, 0.29) is 61.4 Å². The highest BCUT2D eigenvalue weighted by molar-refractivity contribution is 7.15. The van der Waals surface area contributed by atoms with Crippen LogP contribution in [0.25, 0.3) is 43.4 Å². The number of carbonyl (C=O) groups is 7. The summed E-state index contributed by atoms with van der Waals surface area (Å²) in [4.78, 5) is 128. The number of carboxylic acids is 1. The van der Waals surface area contributed by atoms with Gasteiger partial charge in [0.1, 0.15) is 99.5 Å². The lowest BCUT2D eigenvalue weighted by molar-refractivity contribution is -0.133. The van der Waals surface area contributed by atoms with Gasteiger partial charge in [-0.2, -0.15) is 0 Å². The zero-order valence-electron chi connectivity index (χ0n) is 45.2. The minimum atomic E-state index is -1.43. The second-order valence-electron chi connectivity index (χ2n) is 19.5. The van der Waals surface area contributed by atoms with Crippen LogP contribution in [-0.4, -0.2) is 109 Å². The summed E-state index contributed by atoms with van der Waals surface area (Å²) in [5, 5.41) is 65.6. The molecule has 9 aromatic rings. The number of phenolic OH excluding ortho intramolecular Hbond substituents is 1. The standard InChI is InChI=1S/C56H49N13O11S6/c1-23(25(3)70)40-54-66-38(22-85-54)52-62-34(18-82-52)42-30(14-15-31(59-42)51-64-35(20-83-51)46(75)58-24(2)56(79)80)50-63-36(19-81-50)48(77)61-33(17-39(57)72)53-69-41(26(4)86-53)49(78)68-43(44(73)28-8-6-5-7-9-28)55-65-37(21-84-55)47(76)60-32(45(74)67-40)16-27-10-12-29(71)13-11-27/h5-15,18-23,25,32-33,40,43-44,70-71,73H,2,16-17H2,1,3-4H3,(H2,57,72)(H,58,75)(H,60,76)(H,61,77)(H,67,74)(H,68,78)(H,79,80). The molecule has 0 fully saturated rings. The molecule has 440 valence electrons. The fraction of sp³-hybridized carbons (Fsp3) is 0.214. The summed E-state index contributed by atoms with van der Waals surface area (Å²) in [5.74, 6) is -6.62. The highest BCUT2D eigenvalue weighted by atomic mass is 32.1. The van der Waals surface area contributed by atoms with Gasteiger partial charge in [-0.15, -0.1) is 68.0 Å². The maximum absolute atomic E-state index is 14.8. The number of hydrogen-bond donors (Lipinski definition) is 10. The minimum absolute atomic E-state index is 0.0221. The molecule has 10 bridgehead atoms. The van der Waals surface area contributed by atoms with Crippen LogP contribution in [0.3, 0.4) is 0 Å². The molecule has 1 aliphatic heterocycles. The molecule has 24 nitrogen and oxygen atoms in total. The molecule has 11 N–H and O–H groups in total. The Bertz CT molecular complexity index is 4080. The van der Waals surface area contributed by atoms with Crippen LogP contribution >= 0.6 is 68.0 Å². The Morgan fingerprint density at radius 3 is 1.97 bits per heavy atom. The molecule has 2 aromatic carbocycles. The normalized spacial score (nSPS) is 17.6. The maximum atomic E-state index is 14.8. The molecular weight excluding hydrogens is 1220 g/mol. The number of nitrogens with two attached hydrogens (primary N) is 1. The van der Waals surface area contributed by atoms with E-state index >= 15 is 0 Å². The summed E-state index contributed by atoms with van der Waals surface area (Å²) in [6.07, 6.45) is -2.90. The smallest absolute Gasteiger partial charge is 0.351 e. The van der Waals surface area contributed by atoms with Gasteiger partial charge in [0.15, 0.2) is 0 Å². The first-order valence-electron chi connectivity index (χ1n) is 25.9. The van der Waals surface area contributed by atoms with Crippen LogP contribution in [0, 0.1) is 12.8 Å². The monoisotopic (exact) mass is 1270 g/mol. The number of carbonyl (C=O) groups excluding carboxylic acids is 6. The first kappa shape index (κ1) is 60.2. The topological polar surface area (TPSA) is 377 Å². The third kappa shape index (κ3) is 13.5. The number of primary amides is 1. The van der Waals surface area contributed by atoms with Gasteiger partial charge in [0.25, 0.3) is 23.6 Å². The third-order valence-corrected chi connectivity index (χ3v) is 19.0. The van der Waals surface area contributed by atoms with Crippen LogP contribution in [0.4, 0.5) is 0 Å². The average Bonchev–Trinajstić information content (AvgIpc) is 2.07.